The molecule has 1 aromatic carbocycles. The molecule has 3 heteroatoms. The summed E-state index contributed by atoms with van der Waals surface area (Å²) in [5.74, 6) is 0. The molecule has 15 heavy (non-hydrogen) atoms. The van der Waals surface area contributed by atoms with Crippen molar-refractivity contribution in [1.82, 2.24) is 0 Å². The lowest BCUT2D eigenvalue weighted by atomic mass is 10.1. The highest BCUT2D eigenvalue weighted by Gasteiger charge is 2.01. The van der Waals surface area contributed by atoms with Gasteiger partial charge in [0, 0.05) is 9.79 Å². The van der Waals surface area contributed by atoms with Crippen LogP contribution in [0.2, 0.25) is 0 Å². The van der Waals surface area contributed by atoms with Gasteiger partial charge < -0.3 is 5.73 Å². The summed E-state index contributed by atoms with van der Waals surface area (Å²) in [4.78, 5) is 2.78. The van der Waals surface area contributed by atoms with Gasteiger partial charge in [-0.05, 0) is 56.0 Å². The number of nitrogens with two attached hydrogens (primary N) is 1. The fourth-order valence-electron chi connectivity index (χ4n) is 1.51. The average molecular weight is 241 g/mol. The van der Waals surface area contributed by atoms with Crippen molar-refractivity contribution in [3.05, 3.63) is 23.8 Å². The first kappa shape index (κ1) is 12.9. The summed E-state index contributed by atoms with van der Waals surface area (Å²) in [5, 5.41) is 0. The topological polar surface area (TPSA) is 26.0 Å². The fourth-order valence-corrected chi connectivity index (χ4v) is 3.01. The van der Waals surface area contributed by atoms with Crippen LogP contribution in [0.15, 0.2) is 28.0 Å². The second-order valence-corrected chi connectivity index (χ2v) is 5.13. The zero-order valence-electron chi connectivity index (χ0n) is 9.45. The predicted molar refractivity (Wildman–Crippen MR) is 72.0 cm³/mol. The highest BCUT2D eigenvalue weighted by molar-refractivity contribution is 8.01. The van der Waals surface area contributed by atoms with E-state index in [1.54, 1.807) is 0 Å². The first-order chi connectivity index (χ1) is 7.31. The van der Waals surface area contributed by atoms with Crippen molar-refractivity contribution in [2.45, 2.75) is 29.1 Å². The Hall–Kier alpha value is -0.120. The van der Waals surface area contributed by atoms with Gasteiger partial charge in [-0.1, -0.05) is 6.07 Å². The molecule has 0 unspecified atom stereocenters. The largest absolute Gasteiger partial charge is 0.330 e. The first-order valence-corrected chi connectivity index (χ1v) is 7.67. The minimum absolute atomic E-state index is 0.804. The van der Waals surface area contributed by atoms with E-state index in [9.17, 15) is 0 Å². The molecule has 0 saturated carbocycles. The second-order valence-electron chi connectivity index (χ2n) is 3.44. The van der Waals surface area contributed by atoms with Crippen molar-refractivity contribution >= 4 is 23.5 Å². The van der Waals surface area contributed by atoms with E-state index in [0.717, 1.165) is 19.4 Å². The number of rotatable bonds is 6. The van der Waals surface area contributed by atoms with Crippen molar-refractivity contribution in [1.29, 1.82) is 0 Å². The quantitative estimate of drug-likeness (QED) is 0.610. The van der Waals surface area contributed by atoms with Crippen LogP contribution in [0.3, 0.4) is 0 Å². The van der Waals surface area contributed by atoms with Gasteiger partial charge in [-0.2, -0.15) is 0 Å². The maximum Gasteiger partial charge on any atom is 0.0208 e. The Labute approximate surface area is 101 Å². The fraction of sp³-hybridized carbons (Fsp3) is 0.500. The molecule has 0 spiro atoms. The van der Waals surface area contributed by atoms with Crippen molar-refractivity contribution in [3.8, 4) is 0 Å². The van der Waals surface area contributed by atoms with Crippen LogP contribution >= 0.6 is 23.5 Å². The highest BCUT2D eigenvalue weighted by Crippen LogP contribution is 2.29. The molecule has 0 aliphatic carbocycles. The van der Waals surface area contributed by atoms with Gasteiger partial charge in [0.1, 0.15) is 0 Å². The lowest BCUT2D eigenvalue weighted by Crippen LogP contribution is -1.99. The number of hydrogen-bond acceptors (Lipinski definition) is 3. The predicted octanol–water partition coefficient (Wildman–Crippen LogP) is 3.41. The smallest absolute Gasteiger partial charge is 0.0208 e. The van der Waals surface area contributed by atoms with Gasteiger partial charge in [0.25, 0.3) is 0 Å². The van der Waals surface area contributed by atoms with E-state index in [0.29, 0.717) is 0 Å². The molecule has 84 valence electrons. The number of hydrogen-bond donors (Lipinski definition) is 1. The zero-order valence-corrected chi connectivity index (χ0v) is 11.1. The first-order valence-electron chi connectivity index (χ1n) is 5.22. The Balaban J connectivity index is 2.66. The summed E-state index contributed by atoms with van der Waals surface area (Å²) in [7, 11) is 0. The molecule has 0 aliphatic heterocycles. The van der Waals surface area contributed by atoms with E-state index in [4.69, 9.17) is 5.73 Å². The van der Waals surface area contributed by atoms with Crippen LogP contribution in [0, 0.1) is 0 Å². The Bertz CT molecular complexity index is 300. The SMILES string of the molecule is CSc1ccc(CCCCN)cc1SC. The van der Waals surface area contributed by atoms with Gasteiger partial charge >= 0.3 is 0 Å². The summed E-state index contributed by atoms with van der Waals surface area (Å²) >= 11 is 3.64. The average Bonchev–Trinajstić information content (AvgIpc) is 2.29. The van der Waals surface area contributed by atoms with Crippen LogP contribution in [-0.4, -0.2) is 19.1 Å². The maximum atomic E-state index is 5.49. The monoisotopic (exact) mass is 241 g/mol. The third kappa shape index (κ3) is 4.09. The number of aryl methyl sites for hydroxylation is 1. The molecule has 0 bridgehead atoms. The molecule has 0 amide bonds. The summed E-state index contributed by atoms with van der Waals surface area (Å²) in [5.41, 5.74) is 6.92. The molecule has 0 aromatic heterocycles. The van der Waals surface area contributed by atoms with Gasteiger partial charge in [-0.25, -0.2) is 0 Å². The van der Waals surface area contributed by atoms with E-state index >= 15 is 0 Å². The number of unbranched alkanes of at least 4 members (excludes halogenated alkanes) is 1. The molecule has 1 nitrogen and oxygen atoms in total. The summed E-state index contributed by atoms with van der Waals surface area (Å²) in [6.07, 6.45) is 7.74. The van der Waals surface area contributed by atoms with Crippen molar-refractivity contribution < 1.29 is 0 Å². The van der Waals surface area contributed by atoms with Crippen LogP contribution < -0.4 is 5.73 Å². The Morgan fingerprint density at radius 1 is 1.07 bits per heavy atom. The molecular formula is C12H19NS2. The summed E-state index contributed by atoms with van der Waals surface area (Å²) in [6.45, 7) is 0.804. The van der Waals surface area contributed by atoms with Gasteiger partial charge in [0.15, 0.2) is 0 Å². The molecule has 0 heterocycles. The summed E-state index contributed by atoms with van der Waals surface area (Å²) < 4.78 is 0. The molecule has 0 saturated heterocycles. The van der Waals surface area contributed by atoms with Gasteiger partial charge in [0.2, 0.25) is 0 Å². The lowest BCUT2D eigenvalue weighted by molar-refractivity contribution is 0.743. The van der Waals surface area contributed by atoms with E-state index in [1.807, 2.05) is 23.5 Å². The van der Waals surface area contributed by atoms with Crippen LogP contribution in [0.25, 0.3) is 0 Å². The third-order valence-electron chi connectivity index (χ3n) is 2.37. The van der Waals surface area contributed by atoms with E-state index in [2.05, 4.69) is 30.7 Å². The Morgan fingerprint density at radius 2 is 1.80 bits per heavy atom. The molecule has 0 radical (unpaired) electrons. The van der Waals surface area contributed by atoms with Gasteiger partial charge in [-0.15, -0.1) is 23.5 Å². The molecule has 1 aromatic rings. The van der Waals surface area contributed by atoms with E-state index in [1.165, 1.54) is 21.8 Å². The molecule has 1 rings (SSSR count). The third-order valence-corrected chi connectivity index (χ3v) is 4.07. The number of thioether (sulfide) groups is 2. The van der Waals surface area contributed by atoms with Crippen molar-refractivity contribution in [2.75, 3.05) is 19.1 Å². The minimum atomic E-state index is 0.804. The minimum Gasteiger partial charge on any atom is -0.330 e. The molecule has 2 N–H and O–H groups in total. The van der Waals surface area contributed by atoms with Gasteiger partial charge in [0.05, 0.1) is 0 Å². The lowest BCUT2D eigenvalue weighted by Gasteiger charge is -2.07. The Kier molecular flexibility index (Phi) is 6.22. The Morgan fingerprint density at radius 3 is 2.40 bits per heavy atom. The van der Waals surface area contributed by atoms with Crippen molar-refractivity contribution in [3.63, 3.8) is 0 Å². The number of benzene rings is 1. The van der Waals surface area contributed by atoms with E-state index < -0.39 is 0 Å². The van der Waals surface area contributed by atoms with Crippen LogP contribution in [-0.2, 0) is 6.42 Å². The molecular weight excluding hydrogens is 222 g/mol. The van der Waals surface area contributed by atoms with Crippen LogP contribution in [0.1, 0.15) is 18.4 Å². The second kappa shape index (κ2) is 7.20. The normalized spacial score (nSPS) is 10.6. The molecule has 0 aliphatic rings. The van der Waals surface area contributed by atoms with Crippen molar-refractivity contribution in [2.24, 2.45) is 5.73 Å². The molecule has 0 atom stereocenters. The highest BCUT2D eigenvalue weighted by atomic mass is 32.2. The summed E-state index contributed by atoms with van der Waals surface area (Å²) in [6, 6.07) is 6.78. The standard InChI is InChI=1S/C12H19NS2/c1-14-11-7-6-10(5-3-4-8-13)9-12(11)15-2/h6-7,9H,3-5,8,13H2,1-2H3. The van der Waals surface area contributed by atoms with E-state index in [-0.39, 0.29) is 0 Å². The van der Waals surface area contributed by atoms with Gasteiger partial charge in [-0.3, -0.25) is 0 Å². The van der Waals surface area contributed by atoms with Crippen LogP contribution in [0.4, 0.5) is 0 Å². The zero-order chi connectivity index (χ0) is 11.1. The maximum absolute atomic E-state index is 5.49. The van der Waals surface area contributed by atoms with Crippen LogP contribution in [0.5, 0.6) is 0 Å². The molecule has 0 fully saturated rings.